The van der Waals surface area contributed by atoms with E-state index in [4.69, 9.17) is 0 Å². The van der Waals surface area contributed by atoms with Gasteiger partial charge in [0.05, 0.1) is 0 Å². The van der Waals surface area contributed by atoms with Gasteiger partial charge in [0.2, 0.25) is 0 Å². The molecule has 0 radical (unpaired) electrons. The maximum atomic E-state index is 12.2. The Bertz CT molecular complexity index is 145. The van der Waals surface area contributed by atoms with Gasteiger partial charge >= 0.3 is 64.3 Å². The van der Waals surface area contributed by atoms with Crippen LogP contribution in [0.25, 0.3) is 0 Å². The summed E-state index contributed by atoms with van der Waals surface area (Å²) in [6.45, 7) is 0. The summed E-state index contributed by atoms with van der Waals surface area (Å²) in [5, 5.41) is 0. The van der Waals surface area contributed by atoms with Crippen LogP contribution in [0.2, 0.25) is 0 Å². The minimum atomic E-state index is -5.80. The topological polar surface area (TPSA) is 36.1 Å². The first-order valence-electron chi connectivity index (χ1n) is 2.63. The van der Waals surface area contributed by atoms with Crippen LogP contribution in [-0.2, 0) is 0 Å². The molecule has 1 rings (SSSR count). The van der Waals surface area contributed by atoms with E-state index >= 15 is 0 Å². The second kappa shape index (κ2) is 2.87. The first-order chi connectivity index (χ1) is 5.12. The Kier molecular flexibility index (Phi) is 2.59. The van der Waals surface area contributed by atoms with Gasteiger partial charge in [-0.25, -0.2) is 0 Å². The number of rotatable bonds is 0. The predicted molar refractivity (Wildman–Crippen MR) is 41.0 cm³/mol. The van der Waals surface area contributed by atoms with E-state index in [1.807, 2.05) is 0 Å². The van der Waals surface area contributed by atoms with Gasteiger partial charge in [-0.15, -0.1) is 0 Å². The van der Waals surface area contributed by atoms with E-state index < -0.39 is 24.6 Å². The van der Waals surface area contributed by atoms with Crippen LogP contribution < -0.4 is 14.6 Å². The molecule has 0 spiro atoms. The molecule has 0 aromatic rings. The van der Waals surface area contributed by atoms with E-state index in [0.717, 1.165) is 0 Å². The van der Waals surface area contributed by atoms with Gasteiger partial charge in [0.1, 0.15) is 0 Å². The van der Waals surface area contributed by atoms with Crippen LogP contribution in [0.15, 0.2) is 0 Å². The Morgan fingerprint density at radius 1 is 0.500 bits per heavy atom. The van der Waals surface area contributed by atoms with Gasteiger partial charge < -0.3 is 0 Å². The fourth-order valence-electron chi connectivity index (χ4n) is 0.685. The van der Waals surface area contributed by atoms with Crippen LogP contribution in [0.5, 0.6) is 0 Å². The quantitative estimate of drug-likeness (QED) is 0.460. The fourth-order valence-corrected chi connectivity index (χ4v) is 7.85. The summed E-state index contributed by atoms with van der Waals surface area (Å²) >= 11 is 0. The third-order valence-electron chi connectivity index (χ3n) is 0.942. The monoisotopic (exact) mass is 255 g/mol. The van der Waals surface area contributed by atoms with E-state index in [2.05, 4.69) is 0 Å². The predicted octanol–water partition coefficient (Wildman–Crippen LogP) is 2.82. The molecule has 0 saturated carbocycles. The molecule has 1 aliphatic rings. The maximum absolute atomic E-state index is 12.2. The summed E-state index contributed by atoms with van der Waals surface area (Å²) in [4.78, 5) is 1.89. The second-order valence-corrected chi connectivity index (χ2v) is 8.54. The summed E-state index contributed by atoms with van der Waals surface area (Å²) in [6, 6.07) is 0. The zero-order valence-electron chi connectivity index (χ0n) is 5.27. The first kappa shape index (κ1) is 10.8. The van der Waals surface area contributed by atoms with Crippen molar-refractivity contribution < 1.29 is 25.2 Å². The van der Waals surface area contributed by atoms with Crippen LogP contribution in [0, 0.1) is 0 Å². The Morgan fingerprint density at radius 2 is 0.667 bits per heavy atom. The minimum absolute atomic E-state index is 0.631. The van der Waals surface area contributed by atoms with Crippen molar-refractivity contribution in [3.05, 3.63) is 0 Å². The van der Waals surface area contributed by atoms with Gasteiger partial charge in [0, 0.05) is 0 Å². The van der Waals surface area contributed by atoms with Crippen LogP contribution in [0.1, 0.15) is 0 Å². The SMILES string of the molecule is F[PH]1(F)N[PH](F)(F)N[PH](F)(F)N1. The molecule has 0 atom stereocenters. The Balaban J connectivity index is 2.81. The normalized spacial score (nSPS) is 39.5. The molecule has 1 aliphatic heterocycles. The summed E-state index contributed by atoms with van der Waals surface area (Å²) in [5.74, 6) is 0. The third-order valence-corrected chi connectivity index (χ3v) is 8.48. The summed E-state index contributed by atoms with van der Waals surface area (Å²) in [7, 11) is -17.4. The molecule has 3 N–H and O–H groups in total. The van der Waals surface area contributed by atoms with Crippen molar-refractivity contribution >= 4 is 24.6 Å². The van der Waals surface area contributed by atoms with E-state index in [0.29, 0.717) is 14.6 Å². The molecule has 12 heteroatoms. The van der Waals surface area contributed by atoms with Gasteiger partial charge in [-0.05, 0) is 0 Å². The van der Waals surface area contributed by atoms with E-state index in [1.165, 1.54) is 0 Å². The van der Waals surface area contributed by atoms with Gasteiger partial charge in [0.15, 0.2) is 0 Å². The van der Waals surface area contributed by atoms with Crippen molar-refractivity contribution in [2.24, 2.45) is 0 Å². The molecule has 78 valence electrons. The van der Waals surface area contributed by atoms with Crippen LogP contribution in [0.4, 0.5) is 25.2 Å². The zero-order chi connectivity index (χ0) is 9.62. The van der Waals surface area contributed by atoms with Crippen LogP contribution in [-0.4, -0.2) is 0 Å². The van der Waals surface area contributed by atoms with Crippen molar-refractivity contribution in [3.8, 4) is 0 Å². The number of nitrogens with one attached hydrogen (secondary N) is 3. The molecule has 1 heterocycles. The molecule has 0 amide bonds. The molecule has 0 aromatic carbocycles. The standard InChI is InChI=1S/F6H6N3P3/c1-10(2)7-11(3,4)9-12(5,6)8-10/h7-12H. The van der Waals surface area contributed by atoms with Crippen molar-refractivity contribution in [1.29, 1.82) is 0 Å². The molecule has 3 nitrogen and oxygen atoms in total. The average Bonchev–Trinajstić information content (AvgIpc) is 1.44. The van der Waals surface area contributed by atoms with E-state index in [-0.39, 0.29) is 0 Å². The van der Waals surface area contributed by atoms with E-state index in [9.17, 15) is 25.2 Å². The van der Waals surface area contributed by atoms with Gasteiger partial charge in [-0.1, -0.05) is 0 Å². The van der Waals surface area contributed by atoms with Crippen LogP contribution in [0.3, 0.4) is 0 Å². The van der Waals surface area contributed by atoms with E-state index in [1.54, 1.807) is 0 Å². The van der Waals surface area contributed by atoms with Gasteiger partial charge in [0.25, 0.3) is 0 Å². The summed E-state index contributed by atoms with van der Waals surface area (Å²) < 4.78 is 73.1. The second-order valence-electron chi connectivity index (χ2n) is 2.10. The van der Waals surface area contributed by atoms with Crippen molar-refractivity contribution in [2.45, 2.75) is 0 Å². The molecule has 12 heavy (non-hydrogen) atoms. The number of hydrogen-bond acceptors (Lipinski definition) is 3. The molecule has 1 saturated heterocycles. The van der Waals surface area contributed by atoms with Gasteiger partial charge in [-0.3, -0.25) is 0 Å². The Morgan fingerprint density at radius 3 is 0.833 bits per heavy atom. The van der Waals surface area contributed by atoms with Crippen molar-refractivity contribution in [3.63, 3.8) is 0 Å². The Hall–Kier alpha value is 0.750. The molecular formula is H6F6N3P3. The molecule has 0 unspecified atom stereocenters. The fraction of sp³-hybridized carbons (Fsp3) is 0. The molecule has 1 fully saturated rings. The zero-order valence-corrected chi connectivity index (χ0v) is 8.27. The van der Waals surface area contributed by atoms with Gasteiger partial charge in [-0.2, -0.15) is 0 Å². The molecular weight excluding hydrogens is 249 g/mol. The third kappa shape index (κ3) is 2.91. The van der Waals surface area contributed by atoms with Crippen molar-refractivity contribution in [1.82, 2.24) is 14.6 Å². The summed E-state index contributed by atoms with van der Waals surface area (Å²) in [5.41, 5.74) is 0. The molecule has 0 bridgehead atoms. The summed E-state index contributed by atoms with van der Waals surface area (Å²) in [6.07, 6.45) is 0. The van der Waals surface area contributed by atoms with Crippen molar-refractivity contribution in [2.75, 3.05) is 0 Å². The Labute approximate surface area is 65.3 Å². The molecule has 0 aromatic heterocycles. The van der Waals surface area contributed by atoms with Crippen LogP contribution >= 0.6 is 24.6 Å². The first-order valence-corrected chi connectivity index (χ1v) is 7.90. The number of halogens is 6. The molecule has 0 aliphatic carbocycles. The number of hydrogen-bond donors (Lipinski definition) is 3. The average molecular weight is 255 g/mol.